The van der Waals surface area contributed by atoms with Crippen LogP contribution < -0.4 is 0 Å². The molecule has 0 aromatic carbocycles. The van der Waals surface area contributed by atoms with Crippen molar-refractivity contribution < 1.29 is 0 Å². The standard InChI is InChI=1S/C10H8N4/c1-2-4-14-10(3-1)9(7-13-14)8-5-11-12-6-8/h1-7H,(H,11,12). The predicted octanol–water partition coefficient (Wildman–Crippen LogP) is 1.72. The van der Waals surface area contributed by atoms with Crippen LogP contribution in [0.25, 0.3) is 16.6 Å². The molecule has 4 heteroatoms. The first-order chi connectivity index (χ1) is 6.95. The topological polar surface area (TPSA) is 46.0 Å². The van der Waals surface area contributed by atoms with E-state index in [-0.39, 0.29) is 0 Å². The van der Waals surface area contributed by atoms with Gasteiger partial charge in [0, 0.05) is 23.5 Å². The third-order valence-electron chi connectivity index (χ3n) is 2.24. The van der Waals surface area contributed by atoms with E-state index in [1.165, 1.54) is 0 Å². The molecule has 0 unspecified atom stereocenters. The maximum atomic E-state index is 4.25. The van der Waals surface area contributed by atoms with E-state index in [4.69, 9.17) is 0 Å². The summed E-state index contributed by atoms with van der Waals surface area (Å²) in [7, 11) is 0. The highest BCUT2D eigenvalue weighted by Crippen LogP contribution is 2.22. The molecule has 0 bridgehead atoms. The lowest BCUT2D eigenvalue weighted by atomic mass is 10.1. The number of nitrogens with zero attached hydrogens (tertiary/aromatic N) is 3. The number of pyridine rings is 1. The Morgan fingerprint density at radius 3 is 3.07 bits per heavy atom. The van der Waals surface area contributed by atoms with Gasteiger partial charge in [0.1, 0.15) is 0 Å². The van der Waals surface area contributed by atoms with Crippen LogP contribution in [0.3, 0.4) is 0 Å². The van der Waals surface area contributed by atoms with Crippen LogP contribution in [0, 0.1) is 0 Å². The second-order valence-corrected chi connectivity index (χ2v) is 3.08. The van der Waals surface area contributed by atoms with Crippen LogP contribution in [0.2, 0.25) is 0 Å². The Hall–Kier alpha value is -2.10. The summed E-state index contributed by atoms with van der Waals surface area (Å²) in [6, 6.07) is 6.00. The first-order valence-corrected chi connectivity index (χ1v) is 4.37. The Morgan fingerprint density at radius 1 is 1.21 bits per heavy atom. The lowest BCUT2D eigenvalue weighted by molar-refractivity contribution is 0.961. The lowest BCUT2D eigenvalue weighted by Gasteiger charge is -1.93. The third-order valence-corrected chi connectivity index (χ3v) is 2.24. The van der Waals surface area contributed by atoms with E-state index in [0.717, 1.165) is 16.6 Å². The maximum absolute atomic E-state index is 4.25. The number of fused-ring (bicyclic) bond motifs is 1. The minimum Gasteiger partial charge on any atom is -0.285 e. The monoisotopic (exact) mass is 184 g/mol. The molecule has 3 aromatic heterocycles. The van der Waals surface area contributed by atoms with Crippen LogP contribution in [0.4, 0.5) is 0 Å². The highest BCUT2D eigenvalue weighted by atomic mass is 15.2. The van der Waals surface area contributed by atoms with Gasteiger partial charge < -0.3 is 0 Å². The second-order valence-electron chi connectivity index (χ2n) is 3.08. The molecule has 0 aliphatic rings. The molecule has 0 fully saturated rings. The SMILES string of the molecule is c1ccn2ncc(-c3cn[nH]c3)c2c1. The fourth-order valence-corrected chi connectivity index (χ4v) is 1.56. The van der Waals surface area contributed by atoms with Crippen molar-refractivity contribution in [3.63, 3.8) is 0 Å². The molecule has 68 valence electrons. The number of H-pyrrole nitrogens is 1. The van der Waals surface area contributed by atoms with Gasteiger partial charge in [-0.05, 0) is 12.1 Å². The van der Waals surface area contributed by atoms with Gasteiger partial charge in [-0.1, -0.05) is 6.07 Å². The van der Waals surface area contributed by atoms with E-state index in [1.807, 2.05) is 41.3 Å². The first-order valence-electron chi connectivity index (χ1n) is 4.37. The van der Waals surface area contributed by atoms with Gasteiger partial charge in [0.2, 0.25) is 0 Å². The molecule has 0 aliphatic heterocycles. The van der Waals surface area contributed by atoms with Gasteiger partial charge in [0.15, 0.2) is 0 Å². The molecule has 0 spiro atoms. The summed E-state index contributed by atoms with van der Waals surface area (Å²) >= 11 is 0. The van der Waals surface area contributed by atoms with Crippen LogP contribution in [0.15, 0.2) is 43.0 Å². The molecule has 3 aromatic rings. The summed E-state index contributed by atoms with van der Waals surface area (Å²) < 4.78 is 1.85. The van der Waals surface area contributed by atoms with Crippen LogP contribution in [-0.4, -0.2) is 19.8 Å². The molecule has 0 saturated heterocycles. The number of aromatic nitrogens is 4. The smallest absolute Gasteiger partial charge is 0.0741 e. The number of hydrogen-bond acceptors (Lipinski definition) is 2. The molecule has 0 amide bonds. The molecule has 1 N–H and O–H groups in total. The van der Waals surface area contributed by atoms with Gasteiger partial charge in [-0.3, -0.25) is 5.10 Å². The summed E-state index contributed by atoms with van der Waals surface area (Å²) in [6.45, 7) is 0. The Labute approximate surface area is 80.2 Å². The minimum atomic E-state index is 1.06. The summed E-state index contributed by atoms with van der Waals surface area (Å²) in [6.07, 6.45) is 7.44. The average Bonchev–Trinajstić information content (AvgIpc) is 2.85. The molecule has 4 nitrogen and oxygen atoms in total. The fourth-order valence-electron chi connectivity index (χ4n) is 1.56. The van der Waals surface area contributed by atoms with Gasteiger partial charge >= 0.3 is 0 Å². The van der Waals surface area contributed by atoms with Crippen LogP contribution >= 0.6 is 0 Å². The van der Waals surface area contributed by atoms with Gasteiger partial charge in [0.05, 0.1) is 17.9 Å². The third kappa shape index (κ3) is 0.939. The predicted molar refractivity (Wildman–Crippen MR) is 52.8 cm³/mol. The molecule has 0 aliphatic carbocycles. The molecule has 3 rings (SSSR count). The van der Waals surface area contributed by atoms with Gasteiger partial charge in [-0.2, -0.15) is 10.2 Å². The average molecular weight is 184 g/mol. The molecule has 0 saturated carbocycles. The number of aromatic amines is 1. The molecular formula is C10H8N4. The number of rotatable bonds is 1. The van der Waals surface area contributed by atoms with Crippen LogP contribution in [0.1, 0.15) is 0 Å². The van der Waals surface area contributed by atoms with Gasteiger partial charge in [0.25, 0.3) is 0 Å². The Kier molecular flexibility index (Phi) is 1.41. The van der Waals surface area contributed by atoms with Crippen LogP contribution in [0.5, 0.6) is 0 Å². The zero-order chi connectivity index (χ0) is 9.38. The van der Waals surface area contributed by atoms with E-state index in [9.17, 15) is 0 Å². The molecule has 0 radical (unpaired) electrons. The lowest BCUT2D eigenvalue weighted by Crippen LogP contribution is -1.82. The summed E-state index contributed by atoms with van der Waals surface area (Å²) in [5, 5.41) is 11.0. The molecular weight excluding hydrogens is 176 g/mol. The van der Waals surface area contributed by atoms with E-state index < -0.39 is 0 Å². The Balaban J connectivity index is 2.33. The quantitative estimate of drug-likeness (QED) is 0.626. The van der Waals surface area contributed by atoms with Gasteiger partial charge in [-0.25, -0.2) is 4.52 Å². The van der Waals surface area contributed by atoms with E-state index >= 15 is 0 Å². The second kappa shape index (κ2) is 2.70. The normalized spacial score (nSPS) is 10.9. The largest absolute Gasteiger partial charge is 0.285 e. The highest BCUT2D eigenvalue weighted by Gasteiger charge is 2.05. The maximum Gasteiger partial charge on any atom is 0.0741 e. The van der Waals surface area contributed by atoms with Crippen molar-refractivity contribution in [1.82, 2.24) is 19.8 Å². The fraction of sp³-hybridized carbons (Fsp3) is 0. The van der Waals surface area contributed by atoms with Crippen LogP contribution in [-0.2, 0) is 0 Å². The summed E-state index contributed by atoms with van der Waals surface area (Å²) in [5.41, 5.74) is 3.25. The Bertz CT molecular complexity index is 550. The first kappa shape index (κ1) is 7.32. The van der Waals surface area contributed by atoms with Crippen molar-refractivity contribution in [3.05, 3.63) is 43.0 Å². The van der Waals surface area contributed by atoms with Crippen molar-refractivity contribution in [1.29, 1.82) is 0 Å². The highest BCUT2D eigenvalue weighted by molar-refractivity contribution is 5.78. The van der Waals surface area contributed by atoms with E-state index in [0.29, 0.717) is 0 Å². The molecule has 0 atom stereocenters. The van der Waals surface area contributed by atoms with Crippen molar-refractivity contribution in [3.8, 4) is 11.1 Å². The zero-order valence-corrected chi connectivity index (χ0v) is 7.38. The van der Waals surface area contributed by atoms with Crippen molar-refractivity contribution in [2.24, 2.45) is 0 Å². The summed E-state index contributed by atoms with van der Waals surface area (Å²) in [5.74, 6) is 0. The molecule has 14 heavy (non-hydrogen) atoms. The number of nitrogens with one attached hydrogen (secondary N) is 1. The zero-order valence-electron chi connectivity index (χ0n) is 7.38. The molecule has 3 heterocycles. The Morgan fingerprint density at radius 2 is 2.21 bits per heavy atom. The van der Waals surface area contributed by atoms with Crippen molar-refractivity contribution in [2.75, 3.05) is 0 Å². The van der Waals surface area contributed by atoms with Crippen molar-refractivity contribution in [2.45, 2.75) is 0 Å². The van der Waals surface area contributed by atoms with E-state index in [1.54, 1.807) is 6.20 Å². The van der Waals surface area contributed by atoms with E-state index in [2.05, 4.69) is 15.3 Å². The summed E-state index contributed by atoms with van der Waals surface area (Å²) in [4.78, 5) is 0. The van der Waals surface area contributed by atoms with Crippen molar-refractivity contribution >= 4 is 5.52 Å². The van der Waals surface area contributed by atoms with Gasteiger partial charge in [-0.15, -0.1) is 0 Å². The minimum absolute atomic E-state index is 1.06. The number of hydrogen-bond donors (Lipinski definition) is 1.